The normalized spacial score (nSPS) is 14.8. The van der Waals surface area contributed by atoms with Crippen LogP contribution < -0.4 is 0 Å². The number of sulfone groups is 1. The summed E-state index contributed by atoms with van der Waals surface area (Å²) < 4.78 is 22.1. The van der Waals surface area contributed by atoms with Crippen molar-refractivity contribution in [3.05, 3.63) is 0 Å². The van der Waals surface area contributed by atoms with Gasteiger partial charge in [0.25, 0.3) is 0 Å². The Balaban J connectivity index is 3.97. The molecule has 2 nitrogen and oxygen atoms in total. The van der Waals surface area contributed by atoms with Crippen LogP contribution in [0.3, 0.4) is 0 Å². The molecule has 0 fully saturated rings. The van der Waals surface area contributed by atoms with Crippen LogP contribution in [-0.2, 0) is 9.84 Å². The molecule has 1 unspecified atom stereocenters. The molecule has 0 aromatic heterocycles. The minimum absolute atomic E-state index is 0.109. The molecule has 0 aliphatic carbocycles. The fourth-order valence-electron chi connectivity index (χ4n) is 1.15. The molecule has 0 rings (SSSR count). The van der Waals surface area contributed by atoms with Crippen molar-refractivity contribution in [1.82, 2.24) is 0 Å². The molecule has 3 heteroatoms. The van der Waals surface area contributed by atoms with Crippen LogP contribution in [0.2, 0.25) is 0 Å². The van der Waals surface area contributed by atoms with Crippen molar-refractivity contribution in [1.29, 1.82) is 0 Å². The lowest BCUT2D eigenvalue weighted by Gasteiger charge is -2.10. The monoisotopic (exact) mass is 178 g/mol. The van der Waals surface area contributed by atoms with Crippen molar-refractivity contribution in [2.75, 3.05) is 6.26 Å². The quantitative estimate of drug-likeness (QED) is 0.645. The van der Waals surface area contributed by atoms with E-state index in [1.165, 1.54) is 6.26 Å². The van der Waals surface area contributed by atoms with Crippen LogP contribution in [0.5, 0.6) is 0 Å². The third kappa shape index (κ3) is 4.40. The largest absolute Gasteiger partial charge is 0.229 e. The lowest BCUT2D eigenvalue weighted by molar-refractivity contribution is 0.563. The first-order valence-electron chi connectivity index (χ1n) is 4.21. The van der Waals surface area contributed by atoms with Gasteiger partial charge < -0.3 is 0 Å². The molecule has 0 radical (unpaired) electrons. The highest BCUT2D eigenvalue weighted by Gasteiger charge is 2.16. The predicted molar refractivity (Wildman–Crippen MR) is 48.4 cm³/mol. The Kier molecular flexibility index (Phi) is 4.73. The summed E-state index contributed by atoms with van der Waals surface area (Å²) in [6, 6.07) is 0. The van der Waals surface area contributed by atoms with Gasteiger partial charge in [0.15, 0.2) is 0 Å². The Labute approximate surface area is 69.9 Å². The fraction of sp³-hybridized carbons (Fsp3) is 1.00. The zero-order valence-electron chi connectivity index (χ0n) is 7.63. The second-order valence-electron chi connectivity index (χ2n) is 3.00. The Morgan fingerprint density at radius 3 is 2.09 bits per heavy atom. The molecule has 11 heavy (non-hydrogen) atoms. The molecule has 1 atom stereocenters. The molecule has 0 saturated heterocycles. The zero-order chi connectivity index (χ0) is 8.91. The van der Waals surface area contributed by atoms with Crippen molar-refractivity contribution >= 4 is 9.84 Å². The second kappa shape index (κ2) is 4.75. The number of unbranched alkanes of at least 4 members (excludes halogenated alkanes) is 1. The summed E-state index contributed by atoms with van der Waals surface area (Å²) in [5.74, 6) is 0. The smallest absolute Gasteiger partial charge is 0.150 e. The van der Waals surface area contributed by atoms with Crippen LogP contribution in [0.1, 0.15) is 39.5 Å². The maximum absolute atomic E-state index is 11.1. The molecule has 68 valence electrons. The molecular weight excluding hydrogens is 160 g/mol. The average Bonchev–Trinajstić information content (AvgIpc) is 1.87. The lowest BCUT2D eigenvalue weighted by atomic mass is 10.2. The van der Waals surface area contributed by atoms with Crippen molar-refractivity contribution in [3.8, 4) is 0 Å². The van der Waals surface area contributed by atoms with Gasteiger partial charge in [0.05, 0.1) is 5.25 Å². The van der Waals surface area contributed by atoms with Crippen molar-refractivity contribution in [3.63, 3.8) is 0 Å². The highest BCUT2D eigenvalue weighted by Crippen LogP contribution is 2.12. The number of hydrogen-bond donors (Lipinski definition) is 0. The Hall–Kier alpha value is -0.0500. The van der Waals surface area contributed by atoms with E-state index >= 15 is 0 Å². The van der Waals surface area contributed by atoms with Gasteiger partial charge in [0, 0.05) is 6.26 Å². The van der Waals surface area contributed by atoms with E-state index in [1.807, 2.05) is 6.92 Å². The number of rotatable bonds is 5. The van der Waals surface area contributed by atoms with Crippen LogP contribution in [-0.4, -0.2) is 19.9 Å². The first-order valence-corrected chi connectivity index (χ1v) is 6.16. The van der Waals surface area contributed by atoms with E-state index in [0.717, 1.165) is 25.7 Å². The third-order valence-corrected chi connectivity index (χ3v) is 3.72. The third-order valence-electron chi connectivity index (χ3n) is 1.94. The molecule has 0 aromatic rings. The molecule has 0 aromatic carbocycles. The molecule has 0 bridgehead atoms. The molecule has 0 spiro atoms. The Morgan fingerprint density at radius 1 is 1.27 bits per heavy atom. The number of hydrogen-bond acceptors (Lipinski definition) is 2. The van der Waals surface area contributed by atoms with Gasteiger partial charge in [-0.05, 0) is 12.8 Å². The summed E-state index contributed by atoms with van der Waals surface area (Å²) in [6.45, 7) is 4.01. The van der Waals surface area contributed by atoms with Crippen LogP contribution >= 0.6 is 0 Å². The lowest BCUT2D eigenvalue weighted by Crippen LogP contribution is -2.18. The van der Waals surface area contributed by atoms with E-state index in [4.69, 9.17) is 0 Å². The summed E-state index contributed by atoms with van der Waals surface area (Å²) in [6.07, 6.45) is 5.00. The highest BCUT2D eigenvalue weighted by molar-refractivity contribution is 7.91. The van der Waals surface area contributed by atoms with Crippen LogP contribution in [0.4, 0.5) is 0 Å². The first-order chi connectivity index (χ1) is 5.02. The summed E-state index contributed by atoms with van der Waals surface area (Å²) in [5.41, 5.74) is 0. The van der Waals surface area contributed by atoms with E-state index in [2.05, 4.69) is 6.92 Å². The standard InChI is InChI=1S/C8H18O2S/c1-4-6-7-8(5-2)11(3,9)10/h8H,4-7H2,1-3H3. The maximum Gasteiger partial charge on any atom is 0.150 e. The highest BCUT2D eigenvalue weighted by atomic mass is 32.2. The van der Waals surface area contributed by atoms with Gasteiger partial charge in [-0.2, -0.15) is 0 Å². The summed E-state index contributed by atoms with van der Waals surface area (Å²) in [7, 11) is -2.79. The molecule has 0 N–H and O–H groups in total. The van der Waals surface area contributed by atoms with Gasteiger partial charge >= 0.3 is 0 Å². The van der Waals surface area contributed by atoms with Crippen molar-refractivity contribution in [2.45, 2.75) is 44.8 Å². The maximum atomic E-state index is 11.1. The van der Waals surface area contributed by atoms with E-state index in [0.29, 0.717) is 0 Å². The van der Waals surface area contributed by atoms with Crippen molar-refractivity contribution < 1.29 is 8.42 Å². The Morgan fingerprint density at radius 2 is 1.82 bits per heavy atom. The van der Waals surface area contributed by atoms with E-state index in [9.17, 15) is 8.42 Å². The van der Waals surface area contributed by atoms with Gasteiger partial charge in [-0.1, -0.05) is 26.7 Å². The van der Waals surface area contributed by atoms with E-state index < -0.39 is 9.84 Å². The van der Waals surface area contributed by atoms with Gasteiger partial charge in [-0.15, -0.1) is 0 Å². The summed E-state index contributed by atoms with van der Waals surface area (Å²) in [5, 5.41) is -0.109. The van der Waals surface area contributed by atoms with Crippen molar-refractivity contribution in [2.24, 2.45) is 0 Å². The Bertz CT molecular complexity index is 182. The molecule has 0 saturated carbocycles. The van der Waals surface area contributed by atoms with Gasteiger partial charge in [-0.3, -0.25) is 0 Å². The topological polar surface area (TPSA) is 34.1 Å². The molecule has 0 heterocycles. The van der Waals surface area contributed by atoms with Gasteiger partial charge in [-0.25, -0.2) is 8.42 Å². The van der Waals surface area contributed by atoms with E-state index in [-0.39, 0.29) is 5.25 Å². The molecule has 0 amide bonds. The van der Waals surface area contributed by atoms with Gasteiger partial charge in [0.1, 0.15) is 9.84 Å². The molecule has 0 aliphatic heterocycles. The minimum atomic E-state index is -2.79. The second-order valence-corrected chi connectivity index (χ2v) is 5.33. The molecular formula is C8H18O2S. The van der Waals surface area contributed by atoms with Crippen LogP contribution in [0, 0.1) is 0 Å². The zero-order valence-corrected chi connectivity index (χ0v) is 8.45. The average molecular weight is 178 g/mol. The fourth-order valence-corrected chi connectivity index (χ4v) is 2.35. The summed E-state index contributed by atoms with van der Waals surface area (Å²) in [4.78, 5) is 0. The molecule has 0 aliphatic rings. The van der Waals surface area contributed by atoms with E-state index in [1.54, 1.807) is 0 Å². The summed E-state index contributed by atoms with van der Waals surface area (Å²) >= 11 is 0. The van der Waals surface area contributed by atoms with Crippen LogP contribution in [0.25, 0.3) is 0 Å². The predicted octanol–water partition coefficient (Wildman–Crippen LogP) is 2.00. The van der Waals surface area contributed by atoms with Crippen LogP contribution in [0.15, 0.2) is 0 Å². The SMILES string of the molecule is CCCCC(CC)S(C)(=O)=O. The minimum Gasteiger partial charge on any atom is -0.229 e. The van der Waals surface area contributed by atoms with Gasteiger partial charge in [0.2, 0.25) is 0 Å². The first kappa shape index (κ1) is 11.0.